The zero-order valence-electron chi connectivity index (χ0n) is 14.4. The Bertz CT molecular complexity index is 1100. The van der Waals surface area contributed by atoms with Crippen molar-refractivity contribution in [2.75, 3.05) is 12.4 Å². The SMILES string of the molecule is COc1cccc2sc(NC(=O)c3cccnc3Sc3ccccc3)nc12. The quantitative estimate of drug-likeness (QED) is 0.511. The van der Waals surface area contributed by atoms with Gasteiger partial charge in [0.15, 0.2) is 5.13 Å². The Hall–Kier alpha value is -2.90. The maximum absolute atomic E-state index is 12.8. The van der Waals surface area contributed by atoms with Gasteiger partial charge < -0.3 is 4.74 Å². The third-order valence-corrected chi connectivity index (χ3v) is 5.76. The fourth-order valence-corrected chi connectivity index (χ4v) is 4.33. The predicted molar refractivity (Wildman–Crippen MR) is 109 cm³/mol. The molecule has 2 heterocycles. The second-order valence-corrected chi connectivity index (χ2v) is 7.64. The smallest absolute Gasteiger partial charge is 0.260 e. The van der Waals surface area contributed by atoms with Gasteiger partial charge in [0.2, 0.25) is 0 Å². The summed E-state index contributed by atoms with van der Waals surface area (Å²) in [5.74, 6) is 0.450. The molecule has 0 aliphatic heterocycles. The van der Waals surface area contributed by atoms with E-state index >= 15 is 0 Å². The minimum atomic E-state index is -0.237. The minimum absolute atomic E-state index is 0.237. The molecule has 7 heteroatoms. The van der Waals surface area contributed by atoms with Crippen LogP contribution in [0.5, 0.6) is 5.75 Å². The Labute approximate surface area is 164 Å². The van der Waals surface area contributed by atoms with Gasteiger partial charge in [0.1, 0.15) is 16.3 Å². The molecule has 0 fully saturated rings. The highest BCUT2D eigenvalue weighted by molar-refractivity contribution is 7.99. The van der Waals surface area contributed by atoms with Crippen molar-refractivity contribution >= 4 is 44.4 Å². The van der Waals surface area contributed by atoms with E-state index in [1.165, 1.54) is 23.1 Å². The Morgan fingerprint density at radius 3 is 2.74 bits per heavy atom. The van der Waals surface area contributed by atoms with Gasteiger partial charge in [-0.05, 0) is 36.4 Å². The van der Waals surface area contributed by atoms with Crippen LogP contribution in [0.15, 0.2) is 76.8 Å². The van der Waals surface area contributed by atoms with Crippen LogP contribution in [-0.2, 0) is 0 Å². The van der Waals surface area contributed by atoms with Gasteiger partial charge in [-0.2, -0.15) is 0 Å². The van der Waals surface area contributed by atoms with Crippen LogP contribution in [0.2, 0.25) is 0 Å². The summed E-state index contributed by atoms with van der Waals surface area (Å²) in [5.41, 5.74) is 1.25. The number of anilines is 1. The zero-order chi connectivity index (χ0) is 18.6. The largest absolute Gasteiger partial charge is 0.494 e. The van der Waals surface area contributed by atoms with Gasteiger partial charge >= 0.3 is 0 Å². The number of thiazole rings is 1. The van der Waals surface area contributed by atoms with E-state index in [2.05, 4.69) is 15.3 Å². The fraction of sp³-hybridized carbons (Fsp3) is 0.0500. The van der Waals surface area contributed by atoms with Gasteiger partial charge in [-0.3, -0.25) is 10.1 Å². The number of hydrogen-bond acceptors (Lipinski definition) is 6. The fourth-order valence-electron chi connectivity index (χ4n) is 2.55. The highest BCUT2D eigenvalue weighted by atomic mass is 32.2. The van der Waals surface area contributed by atoms with Crippen molar-refractivity contribution in [3.63, 3.8) is 0 Å². The number of hydrogen-bond donors (Lipinski definition) is 1. The molecule has 5 nitrogen and oxygen atoms in total. The lowest BCUT2D eigenvalue weighted by atomic mass is 10.3. The molecule has 134 valence electrons. The molecule has 4 aromatic rings. The molecular weight excluding hydrogens is 378 g/mol. The number of methoxy groups -OCH3 is 1. The first-order chi connectivity index (χ1) is 13.2. The second kappa shape index (κ2) is 7.77. The van der Waals surface area contributed by atoms with Crippen molar-refractivity contribution in [3.05, 3.63) is 72.4 Å². The number of benzene rings is 2. The monoisotopic (exact) mass is 393 g/mol. The molecule has 0 radical (unpaired) electrons. The standard InChI is InChI=1S/C20H15N3O2S2/c1-25-15-10-5-11-16-17(15)22-20(27-16)23-18(24)14-9-6-12-21-19(14)26-13-7-3-2-4-8-13/h2-12H,1H3,(H,22,23,24). The van der Waals surface area contributed by atoms with Crippen molar-refractivity contribution in [1.82, 2.24) is 9.97 Å². The predicted octanol–water partition coefficient (Wildman–Crippen LogP) is 5.10. The summed E-state index contributed by atoms with van der Waals surface area (Å²) in [7, 11) is 1.61. The highest BCUT2D eigenvalue weighted by Crippen LogP contribution is 2.33. The van der Waals surface area contributed by atoms with Crippen LogP contribution in [0.3, 0.4) is 0 Å². The molecule has 0 aliphatic carbocycles. The number of carbonyl (C=O) groups is 1. The number of ether oxygens (including phenoxy) is 1. The number of nitrogens with zero attached hydrogens (tertiary/aromatic N) is 2. The van der Waals surface area contributed by atoms with E-state index in [1.807, 2.05) is 48.5 Å². The van der Waals surface area contributed by atoms with Gasteiger partial charge in [-0.1, -0.05) is 47.4 Å². The van der Waals surface area contributed by atoms with Crippen molar-refractivity contribution in [2.45, 2.75) is 9.92 Å². The van der Waals surface area contributed by atoms with Gasteiger partial charge in [-0.25, -0.2) is 9.97 Å². The first-order valence-electron chi connectivity index (χ1n) is 8.17. The number of aromatic nitrogens is 2. The number of pyridine rings is 1. The van der Waals surface area contributed by atoms with Gasteiger partial charge in [0, 0.05) is 11.1 Å². The molecule has 27 heavy (non-hydrogen) atoms. The summed E-state index contributed by atoms with van der Waals surface area (Å²) in [4.78, 5) is 22.7. The van der Waals surface area contributed by atoms with Gasteiger partial charge in [-0.15, -0.1) is 0 Å². The molecule has 2 aromatic heterocycles. The Morgan fingerprint density at radius 2 is 1.93 bits per heavy atom. The summed E-state index contributed by atoms with van der Waals surface area (Å²) >= 11 is 2.86. The molecule has 4 rings (SSSR count). The van der Waals surface area contributed by atoms with E-state index in [0.717, 1.165) is 15.1 Å². The molecule has 0 spiro atoms. The number of nitrogens with one attached hydrogen (secondary N) is 1. The van der Waals surface area contributed by atoms with Crippen LogP contribution < -0.4 is 10.1 Å². The molecule has 1 N–H and O–H groups in total. The van der Waals surface area contributed by atoms with Crippen molar-refractivity contribution in [3.8, 4) is 5.75 Å². The van der Waals surface area contributed by atoms with Crippen LogP contribution >= 0.6 is 23.1 Å². The van der Waals surface area contributed by atoms with Crippen LogP contribution in [0, 0.1) is 0 Å². The van der Waals surface area contributed by atoms with E-state index in [-0.39, 0.29) is 5.91 Å². The molecular formula is C20H15N3O2S2. The summed E-state index contributed by atoms with van der Waals surface area (Å²) in [5, 5.41) is 4.06. The molecule has 0 bridgehead atoms. The summed E-state index contributed by atoms with van der Waals surface area (Å²) < 4.78 is 6.29. The highest BCUT2D eigenvalue weighted by Gasteiger charge is 2.16. The Kier molecular flexibility index (Phi) is 5.04. The number of para-hydroxylation sites is 1. The van der Waals surface area contributed by atoms with Crippen LogP contribution in [0.1, 0.15) is 10.4 Å². The Morgan fingerprint density at radius 1 is 1.07 bits per heavy atom. The van der Waals surface area contributed by atoms with Crippen molar-refractivity contribution < 1.29 is 9.53 Å². The maximum atomic E-state index is 12.8. The Balaban J connectivity index is 1.60. The van der Waals surface area contributed by atoms with E-state index in [9.17, 15) is 4.79 Å². The molecule has 0 atom stereocenters. The second-order valence-electron chi connectivity index (χ2n) is 5.55. The topological polar surface area (TPSA) is 64.1 Å². The number of fused-ring (bicyclic) bond motifs is 1. The number of carbonyl (C=O) groups excluding carboxylic acids is 1. The van der Waals surface area contributed by atoms with Crippen molar-refractivity contribution in [1.29, 1.82) is 0 Å². The average molecular weight is 393 g/mol. The normalized spacial score (nSPS) is 10.7. The maximum Gasteiger partial charge on any atom is 0.260 e. The third kappa shape index (κ3) is 3.79. The third-order valence-electron chi connectivity index (χ3n) is 3.80. The first-order valence-corrected chi connectivity index (χ1v) is 9.81. The molecule has 2 aromatic carbocycles. The number of rotatable bonds is 5. The summed E-state index contributed by atoms with van der Waals surface area (Å²) in [6, 6.07) is 19.1. The van der Waals surface area contributed by atoms with Crippen LogP contribution in [-0.4, -0.2) is 23.0 Å². The minimum Gasteiger partial charge on any atom is -0.494 e. The summed E-state index contributed by atoms with van der Waals surface area (Å²) in [6.45, 7) is 0. The molecule has 0 aliphatic rings. The lowest BCUT2D eigenvalue weighted by Gasteiger charge is -2.07. The molecule has 1 amide bonds. The van der Waals surface area contributed by atoms with Gasteiger partial charge in [0.25, 0.3) is 5.91 Å². The lowest BCUT2D eigenvalue weighted by molar-refractivity contribution is 0.102. The van der Waals surface area contributed by atoms with E-state index < -0.39 is 0 Å². The molecule has 0 saturated heterocycles. The van der Waals surface area contributed by atoms with E-state index in [1.54, 1.807) is 25.4 Å². The summed E-state index contributed by atoms with van der Waals surface area (Å²) in [6.07, 6.45) is 1.69. The molecule has 0 unspecified atom stereocenters. The zero-order valence-corrected chi connectivity index (χ0v) is 16.0. The van der Waals surface area contributed by atoms with Crippen LogP contribution in [0.4, 0.5) is 5.13 Å². The first kappa shape index (κ1) is 17.5. The lowest BCUT2D eigenvalue weighted by Crippen LogP contribution is -2.13. The van der Waals surface area contributed by atoms with E-state index in [0.29, 0.717) is 21.5 Å². The average Bonchev–Trinajstić information content (AvgIpc) is 3.11. The van der Waals surface area contributed by atoms with Gasteiger partial charge in [0.05, 0.1) is 17.4 Å². The number of amides is 1. The van der Waals surface area contributed by atoms with Crippen LogP contribution in [0.25, 0.3) is 10.2 Å². The molecule has 0 saturated carbocycles. The van der Waals surface area contributed by atoms with E-state index in [4.69, 9.17) is 4.74 Å². The van der Waals surface area contributed by atoms with Crippen molar-refractivity contribution in [2.24, 2.45) is 0 Å².